The largest absolute Gasteiger partial charge is 0.404 e. The topological polar surface area (TPSA) is 23.6 Å². The van der Waals surface area contributed by atoms with Crippen molar-refractivity contribution >= 4 is 23.4 Å². The van der Waals surface area contributed by atoms with Gasteiger partial charge in [0.05, 0.1) is 0 Å². The van der Waals surface area contributed by atoms with Gasteiger partial charge in [0.25, 0.3) is 0 Å². The molecule has 2 saturated heterocycles. The van der Waals surface area contributed by atoms with E-state index in [9.17, 15) is 18.0 Å². The molecule has 3 nitrogen and oxygen atoms in total. The van der Waals surface area contributed by atoms with Crippen LogP contribution in [0.3, 0.4) is 0 Å². The summed E-state index contributed by atoms with van der Waals surface area (Å²) in [5, 5.41) is 0. The molecule has 2 aliphatic rings. The average Bonchev–Trinajstić information content (AvgIpc) is 2.85. The highest BCUT2D eigenvalue weighted by Gasteiger charge is 2.47. The highest BCUT2D eigenvalue weighted by Crippen LogP contribution is 2.38. The third-order valence-electron chi connectivity index (χ3n) is 7.33. The number of piperidine rings is 2. The summed E-state index contributed by atoms with van der Waals surface area (Å²) in [5.41, 5.74) is 1.31. The Labute approximate surface area is 204 Å². The van der Waals surface area contributed by atoms with Crippen molar-refractivity contribution < 1.29 is 18.0 Å². The van der Waals surface area contributed by atoms with Crippen molar-refractivity contribution in [2.45, 2.75) is 49.1 Å². The number of halogens is 3. The van der Waals surface area contributed by atoms with Crippen molar-refractivity contribution in [3.8, 4) is 0 Å². The number of carbonyl (C=O) groups is 1. The number of alkyl halides is 3. The van der Waals surface area contributed by atoms with Gasteiger partial charge < -0.3 is 9.80 Å². The Bertz CT molecular complexity index is 936. The molecule has 2 heterocycles. The molecule has 2 fully saturated rings. The molecule has 2 aliphatic heterocycles. The third kappa shape index (κ3) is 6.09. The van der Waals surface area contributed by atoms with Gasteiger partial charge in [0.15, 0.2) is 5.92 Å². The number of anilines is 1. The van der Waals surface area contributed by atoms with Crippen LogP contribution in [0.25, 0.3) is 0 Å². The number of nitrogens with zero attached hydrogens (tertiary/aromatic N) is 2. The van der Waals surface area contributed by atoms with Crippen LogP contribution in [0.5, 0.6) is 0 Å². The number of benzene rings is 2. The maximum Gasteiger partial charge on any atom is 0.404 e. The molecule has 34 heavy (non-hydrogen) atoms. The minimum atomic E-state index is -4.58. The third-order valence-corrected chi connectivity index (χ3v) is 8.06. The number of rotatable bonds is 6. The zero-order chi connectivity index (χ0) is 24.1. The molecule has 184 valence electrons. The van der Waals surface area contributed by atoms with Crippen LogP contribution >= 0.6 is 11.8 Å². The van der Waals surface area contributed by atoms with Gasteiger partial charge in [-0.15, -0.1) is 11.8 Å². The van der Waals surface area contributed by atoms with Crippen molar-refractivity contribution in [1.29, 1.82) is 0 Å². The quantitative estimate of drug-likeness (QED) is 0.426. The number of likely N-dealkylation sites (tertiary alicyclic amines) is 1. The summed E-state index contributed by atoms with van der Waals surface area (Å²) in [6.45, 7) is 2.93. The van der Waals surface area contributed by atoms with E-state index in [-0.39, 0.29) is 5.56 Å². The molecule has 1 amide bonds. The van der Waals surface area contributed by atoms with Crippen LogP contribution in [-0.2, 0) is 4.79 Å². The van der Waals surface area contributed by atoms with E-state index in [0.29, 0.717) is 24.9 Å². The molecule has 0 spiro atoms. The van der Waals surface area contributed by atoms with Crippen molar-refractivity contribution in [1.82, 2.24) is 4.90 Å². The second-order valence-corrected chi connectivity index (χ2v) is 10.4. The molecule has 0 aromatic heterocycles. The van der Waals surface area contributed by atoms with E-state index < -0.39 is 18.0 Å². The lowest BCUT2D eigenvalue weighted by atomic mass is 9.82. The second kappa shape index (κ2) is 11.1. The Morgan fingerprint density at radius 2 is 1.56 bits per heavy atom. The van der Waals surface area contributed by atoms with E-state index in [0.717, 1.165) is 45.2 Å². The summed E-state index contributed by atoms with van der Waals surface area (Å²) >= 11 is 1.76. The Kier molecular flexibility index (Phi) is 8.12. The maximum atomic E-state index is 13.7. The van der Waals surface area contributed by atoms with Crippen molar-refractivity contribution in [2.24, 2.45) is 11.8 Å². The molecular weight excluding hydrogens is 457 g/mol. The molecule has 0 N–H and O–H groups in total. The first kappa shape index (κ1) is 25.0. The second-order valence-electron chi connectivity index (χ2n) is 9.52. The lowest BCUT2D eigenvalue weighted by Gasteiger charge is -2.38. The van der Waals surface area contributed by atoms with Crippen LogP contribution < -0.4 is 4.90 Å². The fraction of sp³-hybridized carbons (Fsp3) is 0.519. The first-order valence-corrected chi connectivity index (χ1v) is 13.4. The first-order chi connectivity index (χ1) is 16.3. The van der Waals surface area contributed by atoms with E-state index in [2.05, 4.69) is 35.4 Å². The lowest BCUT2D eigenvalue weighted by molar-refractivity contribution is -0.173. The molecule has 0 aliphatic carbocycles. The van der Waals surface area contributed by atoms with Crippen LogP contribution in [0, 0.1) is 11.8 Å². The Morgan fingerprint density at radius 3 is 2.15 bits per heavy atom. The molecule has 2 aromatic rings. The van der Waals surface area contributed by atoms with Gasteiger partial charge in [-0.05, 0) is 74.0 Å². The molecule has 0 radical (unpaired) electrons. The lowest BCUT2D eigenvalue weighted by Crippen LogP contribution is -2.45. The average molecular weight is 491 g/mol. The molecule has 7 heteroatoms. The van der Waals surface area contributed by atoms with Crippen LogP contribution in [0.15, 0.2) is 59.5 Å². The number of thioether (sulfide) groups is 1. The van der Waals surface area contributed by atoms with Crippen LogP contribution in [0.4, 0.5) is 18.9 Å². The number of hydrogen-bond acceptors (Lipinski definition) is 3. The zero-order valence-electron chi connectivity index (χ0n) is 19.6. The van der Waals surface area contributed by atoms with Gasteiger partial charge in [-0.25, -0.2) is 0 Å². The number of hydrogen-bond donors (Lipinski definition) is 0. The maximum absolute atomic E-state index is 13.7. The Morgan fingerprint density at radius 1 is 0.941 bits per heavy atom. The van der Waals surface area contributed by atoms with E-state index in [1.54, 1.807) is 30.0 Å². The fourth-order valence-electron chi connectivity index (χ4n) is 5.39. The molecule has 1 unspecified atom stereocenters. The van der Waals surface area contributed by atoms with Gasteiger partial charge in [0, 0.05) is 36.8 Å². The smallest absolute Gasteiger partial charge is 0.371 e. The van der Waals surface area contributed by atoms with Gasteiger partial charge in [-0.1, -0.05) is 36.4 Å². The summed E-state index contributed by atoms with van der Waals surface area (Å²) in [7, 11) is 0. The Hall–Kier alpha value is -2.15. The zero-order valence-corrected chi connectivity index (χ0v) is 20.5. The van der Waals surface area contributed by atoms with Crippen molar-refractivity contribution in [2.75, 3.05) is 37.3 Å². The number of carbonyl (C=O) groups excluding carboxylic acids is 1. The van der Waals surface area contributed by atoms with Crippen LogP contribution in [0.2, 0.25) is 0 Å². The summed E-state index contributed by atoms with van der Waals surface area (Å²) < 4.78 is 41.2. The predicted molar refractivity (Wildman–Crippen MR) is 132 cm³/mol. The monoisotopic (exact) mass is 490 g/mol. The standard InChI is InChI=1S/C27H33F3N2OS/c1-34-24-9-5-8-23(19-24)31-14-10-20(11-15-31)18-21-12-16-32(17-13-21)26(33)25(27(28,29)30)22-6-3-2-4-7-22/h2-9,19-21,25H,10-18H2,1H3. The highest BCUT2D eigenvalue weighted by atomic mass is 32.2. The minimum Gasteiger partial charge on any atom is -0.371 e. The van der Waals surface area contributed by atoms with Gasteiger partial charge >= 0.3 is 6.18 Å². The first-order valence-electron chi connectivity index (χ1n) is 12.1. The SMILES string of the molecule is CSc1cccc(N2CCC(CC3CCN(C(=O)C(c4ccccc4)C(F)(F)F)CC3)CC2)c1. The summed E-state index contributed by atoms with van der Waals surface area (Å²) in [6, 6.07) is 16.2. The molecule has 2 aromatic carbocycles. The Balaban J connectivity index is 1.27. The summed E-state index contributed by atoms with van der Waals surface area (Å²) in [5.74, 6) is -1.74. The molecular formula is C27H33F3N2OS. The van der Waals surface area contributed by atoms with Gasteiger partial charge in [0.2, 0.25) is 5.91 Å². The summed E-state index contributed by atoms with van der Waals surface area (Å²) in [6.07, 6.45) is 2.50. The minimum absolute atomic E-state index is 0.0250. The van der Waals surface area contributed by atoms with Gasteiger partial charge in [-0.3, -0.25) is 4.79 Å². The fourth-order valence-corrected chi connectivity index (χ4v) is 5.85. The van der Waals surface area contributed by atoms with E-state index >= 15 is 0 Å². The molecule has 1 atom stereocenters. The van der Waals surface area contributed by atoms with E-state index in [4.69, 9.17) is 0 Å². The normalized spacial score (nSPS) is 19.3. The van der Waals surface area contributed by atoms with Gasteiger partial charge in [0.1, 0.15) is 0 Å². The predicted octanol–water partition coefficient (Wildman–Crippen LogP) is 6.60. The van der Waals surface area contributed by atoms with E-state index in [1.165, 1.54) is 27.6 Å². The van der Waals surface area contributed by atoms with E-state index in [1.807, 2.05) is 0 Å². The molecule has 0 bridgehead atoms. The summed E-state index contributed by atoms with van der Waals surface area (Å²) in [4.78, 5) is 18.0. The van der Waals surface area contributed by atoms with Crippen LogP contribution in [0.1, 0.15) is 43.6 Å². The molecule has 4 rings (SSSR count). The molecule has 0 saturated carbocycles. The highest BCUT2D eigenvalue weighted by molar-refractivity contribution is 7.98. The van der Waals surface area contributed by atoms with Crippen molar-refractivity contribution in [3.63, 3.8) is 0 Å². The van der Waals surface area contributed by atoms with Crippen LogP contribution in [-0.4, -0.2) is 49.4 Å². The number of amides is 1. The van der Waals surface area contributed by atoms with Crippen molar-refractivity contribution in [3.05, 3.63) is 60.2 Å². The van der Waals surface area contributed by atoms with Gasteiger partial charge in [-0.2, -0.15) is 13.2 Å².